The first-order chi connectivity index (χ1) is 7.24. The van der Waals surface area contributed by atoms with Gasteiger partial charge in [-0.15, -0.1) is 0 Å². The van der Waals surface area contributed by atoms with E-state index in [1.54, 1.807) is 6.92 Å². The molecule has 0 radical (unpaired) electrons. The van der Waals surface area contributed by atoms with Gasteiger partial charge in [0.05, 0.1) is 31.0 Å². The summed E-state index contributed by atoms with van der Waals surface area (Å²) in [7, 11) is 0. The zero-order valence-corrected chi connectivity index (χ0v) is 9.04. The van der Waals surface area contributed by atoms with Gasteiger partial charge < -0.3 is 10.1 Å². The summed E-state index contributed by atoms with van der Waals surface area (Å²) in [5, 5.41) is 2.54. The number of hydrogen-bond acceptors (Lipinski definition) is 6. The number of hydrogen-bond donors (Lipinski definition) is 1. The molecule has 1 amide bonds. The van der Waals surface area contributed by atoms with Crippen molar-refractivity contribution in [1.82, 2.24) is 14.1 Å². The minimum absolute atomic E-state index is 0.164. The van der Waals surface area contributed by atoms with Crippen LogP contribution in [0.1, 0.15) is 23.8 Å². The van der Waals surface area contributed by atoms with E-state index < -0.39 is 0 Å². The molecule has 1 aromatic rings. The van der Waals surface area contributed by atoms with Gasteiger partial charge in [0.2, 0.25) is 0 Å². The van der Waals surface area contributed by atoms with Crippen LogP contribution in [0.4, 0.5) is 0 Å². The molecule has 0 atom stereocenters. The summed E-state index contributed by atoms with van der Waals surface area (Å²) in [5.74, 6) is -0.651. The van der Waals surface area contributed by atoms with Crippen molar-refractivity contribution in [3.63, 3.8) is 0 Å². The lowest BCUT2D eigenvalue weighted by molar-refractivity contribution is -0.142. The Morgan fingerprint density at radius 1 is 1.60 bits per heavy atom. The van der Waals surface area contributed by atoms with E-state index in [-0.39, 0.29) is 30.5 Å². The van der Waals surface area contributed by atoms with Crippen LogP contribution in [0.3, 0.4) is 0 Å². The van der Waals surface area contributed by atoms with Gasteiger partial charge in [0.15, 0.2) is 5.69 Å². The molecule has 7 heteroatoms. The van der Waals surface area contributed by atoms with Crippen molar-refractivity contribution in [1.29, 1.82) is 0 Å². The summed E-state index contributed by atoms with van der Waals surface area (Å²) in [6.45, 7) is 2.33. The lowest BCUT2D eigenvalue weighted by Gasteiger charge is -2.02. The molecule has 0 aromatic carbocycles. The Morgan fingerprint density at radius 3 is 3.00 bits per heavy atom. The Balaban J connectivity index is 2.21. The first-order valence-corrected chi connectivity index (χ1v) is 5.18. The second kappa shape index (κ2) is 6.07. The molecule has 0 aliphatic carbocycles. The topological polar surface area (TPSA) is 81.2 Å². The van der Waals surface area contributed by atoms with Gasteiger partial charge in [-0.05, 0) is 6.92 Å². The maximum absolute atomic E-state index is 11.3. The van der Waals surface area contributed by atoms with Crippen LogP contribution in [-0.4, -0.2) is 33.8 Å². The highest BCUT2D eigenvalue weighted by Crippen LogP contribution is 1.94. The minimum atomic E-state index is -0.326. The molecule has 1 aromatic heterocycles. The number of esters is 1. The summed E-state index contributed by atoms with van der Waals surface area (Å²) in [6, 6.07) is 0. The van der Waals surface area contributed by atoms with Gasteiger partial charge in [-0.25, -0.2) is 0 Å². The average molecular weight is 229 g/mol. The number of carbonyl (C=O) groups is 2. The number of rotatable bonds is 5. The van der Waals surface area contributed by atoms with Crippen LogP contribution in [0.5, 0.6) is 0 Å². The molecule has 0 fully saturated rings. The van der Waals surface area contributed by atoms with E-state index in [1.165, 1.54) is 6.20 Å². The van der Waals surface area contributed by atoms with Crippen molar-refractivity contribution in [3.8, 4) is 0 Å². The fourth-order valence-electron chi connectivity index (χ4n) is 0.867. The number of nitrogens with one attached hydrogen (secondary N) is 1. The van der Waals surface area contributed by atoms with Crippen molar-refractivity contribution in [3.05, 3.63) is 11.9 Å². The molecule has 0 aliphatic rings. The van der Waals surface area contributed by atoms with Crippen molar-refractivity contribution < 1.29 is 14.3 Å². The number of nitrogens with zero attached hydrogens (tertiary/aromatic N) is 2. The van der Waals surface area contributed by atoms with Crippen LogP contribution in [-0.2, 0) is 9.53 Å². The van der Waals surface area contributed by atoms with Gasteiger partial charge in [-0.1, -0.05) is 0 Å². The third-order valence-electron chi connectivity index (χ3n) is 1.51. The van der Waals surface area contributed by atoms with Crippen LogP contribution < -0.4 is 5.32 Å². The van der Waals surface area contributed by atoms with Gasteiger partial charge >= 0.3 is 5.97 Å². The molecule has 6 nitrogen and oxygen atoms in total. The van der Waals surface area contributed by atoms with E-state index in [9.17, 15) is 9.59 Å². The molecule has 0 aliphatic heterocycles. The minimum Gasteiger partial charge on any atom is -0.466 e. The summed E-state index contributed by atoms with van der Waals surface area (Å²) < 4.78 is 12.1. The molecule has 1 heterocycles. The first kappa shape index (κ1) is 11.6. The Hall–Kier alpha value is -1.50. The highest BCUT2D eigenvalue weighted by atomic mass is 32.1. The summed E-state index contributed by atoms with van der Waals surface area (Å²) in [6.07, 6.45) is 1.54. The highest BCUT2D eigenvalue weighted by Gasteiger charge is 2.08. The second-order valence-corrected chi connectivity index (χ2v) is 3.16. The van der Waals surface area contributed by atoms with E-state index >= 15 is 0 Å². The Labute approximate surface area is 91.0 Å². The molecule has 0 saturated heterocycles. The SMILES string of the molecule is CCOC(=O)CCNC(=O)c1cnsn1. The molecule has 0 saturated carbocycles. The van der Waals surface area contributed by atoms with E-state index in [4.69, 9.17) is 4.74 Å². The Morgan fingerprint density at radius 2 is 2.40 bits per heavy atom. The third-order valence-corrected chi connectivity index (χ3v) is 1.99. The quantitative estimate of drug-likeness (QED) is 0.730. The van der Waals surface area contributed by atoms with E-state index in [0.29, 0.717) is 6.61 Å². The number of ether oxygens (including phenoxy) is 1. The van der Waals surface area contributed by atoms with Crippen molar-refractivity contribution in [2.75, 3.05) is 13.2 Å². The fourth-order valence-corrected chi connectivity index (χ4v) is 1.28. The maximum Gasteiger partial charge on any atom is 0.307 e. The standard InChI is InChI=1S/C8H11N3O3S/c1-2-14-7(12)3-4-9-8(13)6-5-10-15-11-6/h5H,2-4H2,1H3,(H,9,13). The zero-order valence-electron chi connectivity index (χ0n) is 8.23. The molecule has 0 bridgehead atoms. The van der Waals surface area contributed by atoms with Crippen molar-refractivity contribution in [2.45, 2.75) is 13.3 Å². The monoisotopic (exact) mass is 229 g/mol. The summed E-state index contributed by atoms with van der Waals surface area (Å²) >= 11 is 0.963. The van der Waals surface area contributed by atoms with Gasteiger partial charge in [-0.2, -0.15) is 8.75 Å². The van der Waals surface area contributed by atoms with E-state index in [0.717, 1.165) is 11.7 Å². The number of aromatic nitrogens is 2. The van der Waals surface area contributed by atoms with Gasteiger partial charge in [0.1, 0.15) is 0 Å². The predicted molar refractivity (Wildman–Crippen MR) is 53.5 cm³/mol. The molecule has 1 N–H and O–H groups in total. The average Bonchev–Trinajstić information content (AvgIpc) is 2.70. The van der Waals surface area contributed by atoms with E-state index in [2.05, 4.69) is 14.1 Å². The predicted octanol–water partition coefficient (Wildman–Crippen LogP) is 0.221. The van der Waals surface area contributed by atoms with Crippen molar-refractivity contribution in [2.24, 2.45) is 0 Å². The van der Waals surface area contributed by atoms with Crippen LogP contribution in [0.2, 0.25) is 0 Å². The third kappa shape index (κ3) is 4.03. The molecule has 0 unspecified atom stereocenters. The molecule has 1 rings (SSSR count). The lowest BCUT2D eigenvalue weighted by atomic mass is 10.4. The van der Waals surface area contributed by atoms with Crippen LogP contribution in [0, 0.1) is 0 Å². The summed E-state index contributed by atoms with van der Waals surface area (Å²) in [5.41, 5.74) is 0.267. The van der Waals surface area contributed by atoms with Crippen LogP contribution >= 0.6 is 11.7 Å². The summed E-state index contributed by atoms with van der Waals surface area (Å²) in [4.78, 5) is 22.2. The Kier molecular flexibility index (Phi) is 4.69. The van der Waals surface area contributed by atoms with Crippen molar-refractivity contribution >= 4 is 23.6 Å². The van der Waals surface area contributed by atoms with E-state index in [1.807, 2.05) is 0 Å². The van der Waals surface area contributed by atoms with Gasteiger partial charge in [0.25, 0.3) is 5.91 Å². The second-order valence-electron chi connectivity index (χ2n) is 2.60. The van der Waals surface area contributed by atoms with Crippen LogP contribution in [0.25, 0.3) is 0 Å². The maximum atomic E-state index is 11.3. The smallest absolute Gasteiger partial charge is 0.307 e. The Bertz CT molecular complexity index is 326. The molecule has 82 valence electrons. The largest absolute Gasteiger partial charge is 0.466 e. The molecular formula is C8H11N3O3S. The molecule has 15 heavy (non-hydrogen) atoms. The molecular weight excluding hydrogens is 218 g/mol. The van der Waals surface area contributed by atoms with Gasteiger partial charge in [0, 0.05) is 6.54 Å². The normalized spacial score (nSPS) is 9.67. The first-order valence-electron chi connectivity index (χ1n) is 4.45. The van der Waals surface area contributed by atoms with Crippen LogP contribution in [0.15, 0.2) is 6.20 Å². The lowest BCUT2D eigenvalue weighted by Crippen LogP contribution is -2.26. The number of amides is 1. The zero-order chi connectivity index (χ0) is 11.1. The highest BCUT2D eigenvalue weighted by molar-refractivity contribution is 6.99. The van der Waals surface area contributed by atoms with Gasteiger partial charge in [-0.3, -0.25) is 9.59 Å². The number of carbonyl (C=O) groups excluding carboxylic acids is 2. The fraction of sp³-hybridized carbons (Fsp3) is 0.500. The molecule has 0 spiro atoms.